The lowest BCUT2D eigenvalue weighted by atomic mass is 10.1. The average Bonchev–Trinajstić information content (AvgIpc) is 3.13. The van der Waals surface area contributed by atoms with Crippen molar-refractivity contribution in [3.05, 3.63) is 84.5 Å². The van der Waals surface area contributed by atoms with E-state index in [1.165, 1.54) is 5.56 Å². The summed E-state index contributed by atoms with van der Waals surface area (Å²) in [6.45, 7) is 1.07. The Bertz CT molecular complexity index is 470. The predicted octanol–water partition coefficient (Wildman–Crippen LogP) is 3.52. The molecule has 3 rings (SSSR count). The third kappa shape index (κ3) is 2.94. The number of allylic oxidation sites excluding steroid dienone is 4. The van der Waals surface area contributed by atoms with Gasteiger partial charge in [-0.05, 0) is 12.0 Å². The van der Waals surface area contributed by atoms with Gasteiger partial charge in [0.05, 0.1) is 0 Å². The van der Waals surface area contributed by atoms with E-state index in [2.05, 4.69) is 83.8 Å². The minimum absolute atomic E-state index is 0.432. The van der Waals surface area contributed by atoms with Crippen LogP contribution in [0.15, 0.2) is 78.9 Å². The van der Waals surface area contributed by atoms with E-state index in [4.69, 9.17) is 0 Å². The summed E-state index contributed by atoms with van der Waals surface area (Å²) in [5.41, 5.74) is 1.41. The van der Waals surface area contributed by atoms with Gasteiger partial charge in [0, 0.05) is 18.6 Å². The molecule has 1 aromatic carbocycles. The Hall–Kier alpha value is -1.86. The smallest absolute Gasteiger partial charge is 0.0476 e. The van der Waals surface area contributed by atoms with Gasteiger partial charge in [0.25, 0.3) is 0 Å². The van der Waals surface area contributed by atoms with E-state index >= 15 is 0 Å². The fourth-order valence-corrected chi connectivity index (χ4v) is 2.68. The van der Waals surface area contributed by atoms with Crippen molar-refractivity contribution in [3.63, 3.8) is 0 Å². The van der Waals surface area contributed by atoms with Crippen LogP contribution in [-0.2, 0) is 6.42 Å². The van der Waals surface area contributed by atoms with Crippen LogP contribution in [0.2, 0.25) is 0 Å². The Balaban J connectivity index is 1.69. The van der Waals surface area contributed by atoms with Crippen molar-refractivity contribution >= 4 is 0 Å². The molecule has 1 heteroatoms. The molecule has 1 nitrogen and oxygen atoms in total. The number of hydrogen-bond donors (Lipinski definition) is 0. The monoisotopic (exact) mass is 249 g/mol. The maximum Gasteiger partial charge on any atom is 0.0476 e. The molecule has 0 aliphatic heterocycles. The van der Waals surface area contributed by atoms with Crippen LogP contribution in [0, 0.1) is 0 Å². The van der Waals surface area contributed by atoms with E-state index < -0.39 is 0 Å². The normalized spacial score (nSPS) is 18.2. The summed E-state index contributed by atoms with van der Waals surface area (Å²) in [5, 5.41) is 0. The molecule has 0 spiro atoms. The number of benzene rings is 1. The molecule has 0 aromatic heterocycles. The fraction of sp³-hybridized carbons (Fsp3) is 0.222. The van der Waals surface area contributed by atoms with Crippen LogP contribution >= 0.6 is 0 Å². The zero-order valence-electron chi connectivity index (χ0n) is 11.0. The molecule has 19 heavy (non-hydrogen) atoms. The van der Waals surface area contributed by atoms with Gasteiger partial charge in [-0.1, -0.05) is 78.9 Å². The first-order valence-corrected chi connectivity index (χ1v) is 6.93. The minimum Gasteiger partial charge on any atom is -0.283 e. The molecule has 1 aromatic rings. The lowest BCUT2D eigenvalue weighted by Gasteiger charge is -2.30. The maximum atomic E-state index is 2.53. The lowest BCUT2D eigenvalue weighted by molar-refractivity contribution is 0.250. The molecule has 0 radical (unpaired) electrons. The fourth-order valence-electron chi connectivity index (χ4n) is 2.68. The summed E-state index contributed by atoms with van der Waals surface area (Å²) in [5.74, 6) is 0. The maximum absolute atomic E-state index is 2.53. The van der Waals surface area contributed by atoms with Crippen LogP contribution in [0.25, 0.3) is 0 Å². The van der Waals surface area contributed by atoms with Crippen molar-refractivity contribution in [2.45, 2.75) is 18.5 Å². The average molecular weight is 249 g/mol. The van der Waals surface area contributed by atoms with Crippen molar-refractivity contribution in [3.8, 4) is 0 Å². The molecule has 0 unspecified atom stereocenters. The largest absolute Gasteiger partial charge is 0.283 e. The highest BCUT2D eigenvalue weighted by Crippen LogP contribution is 2.18. The summed E-state index contributed by atoms with van der Waals surface area (Å²) in [6, 6.07) is 11.6. The second-order valence-corrected chi connectivity index (χ2v) is 4.99. The number of rotatable bonds is 5. The van der Waals surface area contributed by atoms with Crippen LogP contribution in [-0.4, -0.2) is 23.5 Å². The molecule has 0 heterocycles. The third-order valence-electron chi connectivity index (χ3n) is 3.72. The number of hydrogen-bond acceptors (Lipinski definition) is 1. The van der Waals surface area contributed by atoms with Crippen LogP contribution in [0.4, 0.5) is 0 Å². The predicted molar refractivity (Wildman–Crippen MR) is 81.0 cm³/mol. The Kier molecular flexibility index (Phi) is 3.75. The summed E-state index contributed by atoms with van der Waals surface area (Å²) >= 11 is 0. The highest BCUT2D eigenvalue weighted by molar-refractivity contribution is 5.28. The standard InChI is InChI=1S/C18H19N/c1-2-8-16(9-3-1)14-15-19(17-10-4-5-11-17)18-12-6-7-13-18/h1-13,17-18H,14-15H2. The quantitative estimate of drug-likeness (QED) is 0.771. The van der Waals surface area contributed by atoms with Gasteiger partial charge in [0.1, 0.15) is 0 Å². The molecular weight excluding hydrogens is 230 g/mol. The SMILES string of the molecule is C1=CC(N(CCc2ccccc2)C2C=CC=C2)C=C1. The zero-order chi connectivity index (χ0) is 12.9. The van der Waals surface area contributed by atoms with Gasteiger partial charge in [0.15, 0.2) is 0 Å². The van der Waals surface area contributed by atoms with Crippen molar-refractivity contribution in [1.29, 1.82) is 0 Å². The molecule has 0 saturated heterocycles. The van der Waals surface area contributed by atoms with E-state index in [1.54, 1.807) is 0 Å². The van der Waals surface area contributed by atoms with Crippen molar-refractivity contribution in [1.82, 2.24) is 4.90 Å². The molecule has 0 amide bonds. The molecule has 0 saturated carbocycles. The first kappa shape index (κ1) is 12.2. The molecule has 96 valence electrons. The van der Waals surface area contributed by atoms with E-state index in [9.17, 15) is 0 Å². The van der Waals surface area contributed by atoms with E-state index in [1.807, 2.05) is 0 Å². The number of nitrogens with zero attached hydrogens (tertiary/aromatic N) is 1. The van der Waals surface area contributed by atoms with Gasteiger partial charge < -0.3 is 0 Å². The zero-order valence-corrected chi connectivity index (χ0v) is 11.0. The van der Waals surface area contributed by atoms with E-state index in [-0.39, 0.29) is 0 Å². The van der Waals surface area contributed by atoms with Gasteiger partial charge in [-0.3, -0.25) is 4.90 Å². The van der Waals surface area contributed by atoms with Crippen molar-refractivity contribution in [2.75, 3.05) is 6.54 Å². The highest BCUT2D eigenvalue weighted by Gasteiger charge is 2.21. The molecule has 0 fully saturated rings. The minimum atomic E-state index is 0.432. The highest BCUT2D eigenvalue weighted by atomic mass is 15.2. The topological polar surface area (TPSA) is 3.24 Å². The molecular formula is C18H19N. The Morgan fingerprint density at radius 2 is 1.26 bits per heavy atom. The Morgan fingerprint density at radius 1 is 0.737 bits per heavy atom. The van der Waals surface area contributed by atoms with Gasteiger partial charge in [0.2, 0.25) is 0 Å². The van der Waals surface area contributed by atoms with Gasteiger partial charge in [-0.25, -0.2) is 0 Å². The second kappa shape index (κ2) is 5.85. The summed E-state index contributed by atoms with van der Waals surface area (Å²) < 4.78 is 0. The molecule has 0 atom stereocenters. The van der Waals surface area contributed by atoms with Crippen molar-refractivity contribution < 1.29 is 0 Å². The first-order chi connectivity index (χ1) is 9.43. The van der Waals surface area contributed by atoms with E-state index in [0.29, 0.717) is 12.1 Å². The summed E-state index contributed by atoms with van der Waals surface area (Å²) in [6.07, 6.45) is 18.7. The molecule has 2 aliphatic carbocycles. The second-order valence-electron chi connectivity index (χ2n) is 4.99. The molecule has 0 bridgehead atoms. The third-order valence-corrected chi connectivity index (χ3v) is 3.72. The van der Waals surface area contributed by atoms with Crippen LogP contribution in [0.5, 0.6) is 0 Å². The molecule has 0 N–H and O–H groups in total. The van der Waals surface area contributed by atoms with Gasteiger partial charge in [-0.15, -0.1) is 0 Å². The van der Waals surface area contributed by atoms with Gasteiger partial charge >= 0.3 is 0 Å². The molecule has 2 aliphatic rings. The summed E-state index contributed by atoms with van der Waals surface area (Å²) in [4.78, 5) is 2.53. The van der Waals surface area contributed by atoms with Gasteiger partial charge in [-0.2, -0.15) is 0 Å². The Morgan fingerprint density at radius 3 is 1.79 bits per heavy atom. The Labute approximate surface area is 115 Å². The first-order valence-electron chi connectivity index (χ1n) is 6.93. The van der Waals surface area contributed by atoms with Crippen LogP contribution in [0.1, 0.15) is 5.56 Å². The van der Waals surface area contributed by atoms with Crippen LogP contribution < -0.4 is 0 Å². The van der Waals surface area contributed by atoms with E-state index in [0.717, 1.165) is 13.0 Å². The van der Waals surface area contributed by atoms with Crippen molar-refractivity contribution in [2.24, 2.45) is 0 Å². The lowest BCUT2D eigenvalue weighted by Crippen LogP contribution is -2.39. The summed E-state index contributed by atoms with van der Waals surface area (Å²) in [7, 11) is 0. The van der Waals surface area contributed by atoms with Crippen LogP contribution in [0.3, 0.4) is 0 Å².